The van der Waals surface area contributed by atoms with Crippen LogP contribution in [0.1, 0.15) is 5.56 Å². The lowest BCUT2D eigenvalue weighted by Crippen LogP contribution is -1.85. The minimum absolute atomic E-state index is 0.802. The first-order valence-electron chi connectivity index (χ1n) is 6.00. The predicted molar refractivity (Wildman–Crippen MR) is 79.1 cm³/mol. The maximum Gasteiger partial charge on any atom is 0.0484 e. The van der Waals surface area contributed by atoms with E-state index >= 15 is 0 Å². The summed E-state index contributed by atoms with van der Waals surface area (Å²) in [5, 5.41) is 3.32. The van der Waals surface area contributed by atoms with Crippen molar-refractivity contribution in [3.63, 3.8) is 0 Å². The highest BCUT2D eigenvalue weighted by atomic mass is 35.5. The number of hydrogen-bond acceptors (Lipinski definition) is 0. The molecule has 3 rings (SSSR count). The third-order valence-corrected chi connectivity index (χ3v) is 3.59. The molecule has 0 aromatic heterocycles. The normalized spacial score (nSPS) is 10.8. The third kappa shape index (κ3) is 1.89. The van der Waals surface area contributed by atoms with Gasteiger partial charge in [-0.05, 0) is 41.0 Å². The zero-order valence-electron chi connectivity index (χ0n) is 10.2. The van der Waals surface area contributed by atoms with E-state index in [1.54, 1.807) is 0 Å². The highest BCUT2D eigenvalue weighted by molar-refractivity contribution is 6.33. The standard InChI is InChI=1S/C17H13Cl/c1-12-10-13-6-2-3-7-14(13)11-16(12)15-8-4-5-9-17(15)18/h2-11H,1H3. The van der Waals surface area contributed by atoms with Crippen molar-refractivity contribution in [2.24, 2.45) is 0 Å². The van der Waals surface area contributed by atoms with Crippen molar-refractivity contribution in [1.82, 2.24) is 0 Å². The summed E-state index contributed by atoms with van der Waals surface area (Å²) in [6.07, 6.45) is 0. The molecule has 0 unspecified atom stereocenters. The molecule has 0 heterocycles. The lowest BCUT2D eigenvalue weighted by Gasteiger charge is -2.10. The van der Waals surface area contributed by atoms with Crippen molar-refractivity contribution in [1.29, 1.82) is 0 Å². The molecule has 0 aliphatic heterocycles. The second-order valence-corrected chi connectivity index (χ2v) is 4.90. The van der Waals surface area contributed by atoms with Gasteiger partial charge in [-0.25, -0.2) is 0 Å². The molecule has 1 heteroatoms. The van der Waals surface area contributed by atoms with Gasteiger partial charge in [0.2, 0.25) is 0 Å². The summed E-state index contributed by atoms with van der Waals surface area (Å²) >= 11 is 6.28. The van der Waals surface area contributed by atoms with Gasteiger partial charge >= 0.3 is 0 Å². The minimum atomic E-state index is 0.802. The van der Waals surface area contributed by atoms with Crippen LogP contribution in [0.25, 0.3) is 21.9 Å². The van der Waals surface area contributed by atoms with Crippen molar-refractivity contribution in [2.75, 3.05) is 0 Å². The molecule has 3 aromatic rings. The van der Waals surface area contributed by atoms with Crippen LogP contribution in [-0.4, -0.2) is 0 Å². The van der Waals surface area contributed by atoms with E-state index in [4.69, 9.17) is 11.6 Å². The molecule has 0 N–H and O–H groups in total. The molecule has 0 spiro atoms. The van der Waals surface area contributed by atoms with Crippen LogP contribution in [0.15, 0.2) is 60.7 Å². The third-order valence-electron chi connectivity index (χ3n) is 3.26. The van der Waals surface area contributed by atoms with Crippen LogP contribution in [0.4, 0.5) is 0 Å². The van der Waals surface area contributed by atoms with Gasteiger partial charge in [0, 0.05) is 10.6 Å². The molecular formula is C17H13Cl. The fourth-order valence-corrected chi connectivity index (χ4v) is 2.56. The molecule has 0 radical (unpaired) electrons. The lowest BCUT2D eigenvalue weighted by atomic mass is 9.96. The van der Waals surface area contributed by atoms with E-state index in [-0.39, 0.29) is 0 Å². The number of halogens is 1. The van der Waals surface area contributed by atoms with E-state index in [2.05, 4.69) is 49.4 Å². The van der Waals surface area contributed by atoms with Crippen molar-refractivity contribution < 1.29 is 0 Å². The van der Waals surface area contributed by atoms with Crippen LogP contribution in [0.5, 0.6) is 0 Å². The van der Waals surface area contributed by atoms with Gasteiger partial charge in [0.05, 0.1) is 0 Å². The van der Waals surface area contributed by atoms with E-state index in [1.807, 2.05) is 18.2 Å². The summed E-state index contributed by atoms with van der Waals surface area (Å²) in [7, 11) is 0. The lowest BCUT2D eigenvalue weighted by molar-refractivity contribution is 1.48. The Morgan fingerprint density at radius 1 is 0.722 bits per heavy atom. The molecule has 88 valence electrons. The van der Waals surface area contributed by atoms with Gasteiger partial charge in [-0.1, -0.05) is 60.1 Å². The molecule has 0 atom stereocenters. The summed E-state index contributed by atoms with van der Waals surface area (Å²) < 4.78 is 0. The molecule has 0 nitrogen and oxygen atoms in total. The number of rotatable bonds is 1. The predicted octanol–water partition coefficient (Wildman–Crippen LogP) is 5.47. The van der Waals surface area contributed by atoms with Crippen molar-refractivity contribution >= 4 is 22.4 Å². The molecule has 0 saturated heterocycles. The molecule has 0 bridgehead atoms. The van der Waals surface area contributed by atoms with E-state index in [0.29, 0.717) is 0 Å². The topological polar surface area (TPSA) is 0 Å². The van der Waals surface area contributed by atoms with Gasteiger partial charge in [-0.2, -0.15) is 0 Å². The largest absolute Gasteiger partial charge is 0.0837 e. The summed E-state index contributed by atoms with van der Waals surface area (Å²) in [6, 6.07) is 20.8. The molecule has 0 saturated carbocycles. The van der Waals surface area contributed by atoms with E-state index in [9.17, 15) is 0 Å². The molecule has 0 amide bonds. The van der Waals surface area contributed by atoms with E-state index in [1.165, 1.54) is 21.9 Å². The molecular weight excluding hydrogens is 240 g/mol. The Labute approximate surface area is 112 Å². The number of hydrogen-bond donors (Lipinski definition) is 0. The SMILES string of the molecule is Cc1cc2ccccc2cc1-c1ccccc1Cl. The Balaban J connectivity index is 2.30. The Morgan fingerprint density at radius 2 is 1.33 bits per heavy atom. The van der Waals surface area contributed by atoms with Gasteiger partial charge in [-0.3, -0.25) is 0 Å². The molecule has 3 aromatic carbocycles. The first-order valence-corrected chi connectivity index (χ1v) is 6.38. The first-order chi connectivity index (χ1) is 8.75. The monoisotopic (exact) mass is 252 g/mol. The maximum absolute atomic E-state index is 6.28. The quantitative estimate of drug-likeness (QED) is 0.539. The van der Waals surface area contributed by atoms with Crippen LogP contribution >= 0.6 is 11.6 Å². The number of benzene rings is 3. The van der Waals surface area contributed by atoms with Crippen LogP contribution in [0, 0.1) is 6.92 Å². The van der Waals surface area contributed by atoms with E-state index in [0.717, 1.165) is 10.6 Å². The summed E-state index contributed by atoms with van der Waals surface area (Å²) in [5.74, 6) is 0. The fourth-order valence-electron chi connectivity index (χ4n) is 2.32. The molecule has 0 aliphatic rings. The average Bonchev–Trinajstić information content (AvgIpc) is 2.39. The second-order valence-electron chi connectivity index (χ2n) is 4.49. The highest BCUT2D eigenvalue weighted by Gasteiger charge is 2.07. The maximum atomic E-state index is 6.28. The molecule has 0 fully saturated rings. The van der Waals surface area contributed by atoms with Crippen molar-refractivity contribution in [3.05, 3.63) is 71.2 Å². The number of fused-ring (bicyclic) bond motifs is 1. The second kappa shape index (κ2) is 4.47. The fraction of sp³-hybridized carbons (Fsp3) is 0.0588. The van der Waals surface area contributed by atoms with Crippen LogP contribution in [0.3, 0.4) is 0 Å². The summed E-state index contributed by atoms with van der Waals surface area (Å²) in [6.45, 7) is 2.13. The smallest absolute Gasteiger partial charge is 0.0484 e. The van der Waals surface area contributed by atoms with Gasteiger partial charge in [0.15, 0.2) is 0 Å². The zero-order valence-corrected chi connectivity index (χ0v) is 10.9. The Morgan fingerprint density at radius 3 is 2.06 bits per heavy atom. The van der Waals surface area contributed by atoms with Crippen LogP contribution in [0.2, 0.25) is 5.02 Å². The Hall–Kier alpha value is -1.79. The summed E-state index contributed by atoms with van der Waals surface area (Å²) in [4.78, 5) is 0. The van der Waals surface area contributed by atoms with E-state index < -0.39 is 0 Å². The molecule has 0 aliphatic carbocycles. The van der Waals surface area contributed by atoms with Crippen molar-refractivity contribution in [3.8, 4) is 11.1 Å². The van der Waals surface area contributed by atoms with Crippen LogP contribution < -0.4 is 0 Å². The van der Waals surface area contributed by atoms with Crippen LogP contribution in [-0.2, 0) is 0 Å². The zero-order chi connectivity index (χ0) is 12.5. The van der Waals surface area contributed by atoms with Crippen molar-refractivity contribution in [2.45, 2.75) is 6.92 Å². The van der Waals surface area contributed by atoms with Gasteiger partial charge in [0.1, 0.15) is 0 Å². The Bertz CT molecular complexity index is 714. The summed E-state index contributed by atoms with van der Waals surface area (Å²) in [5.41, 5.74) is 3.56. The highest BCUT2D eigenvalue weighted by Crippen LogP contribution is 2.32. The molecule has 18 heavy (non-hydrogen) atoms. The van der Waals surface area contributed by atoms with Gasteiger partial charge in [0.25, 0.3) is 0 Å². The van der Waals surface area contributed by atoms with Gasteiger partial charge < -0.3 is 0 Å². The Kier molecular flexibility index (Phi) is 2.81. The first kappa shape index (κ1) is 11.3. The van der Waals surface area contributed by atoms with Gasteiger partial charge in [-0.15, -0.1) is 0 Å². The average molecular weight is 253 g/mol. The minimum Gasteiger partial charge on any atom is -0.0837 e. The number of aryl methyl sites for hydroxylation is 1.